The summed E-state index contributed by atoms with van der Waals surface area (Å²) in [5.74, 6) is 0.829. The number of nitrogens with zero attached hydrogens (tertiary/aromatic N) is 1. The van der Waals surface area contributed by atoms with Crippen molar-refractivity contribution >= 4 is 5.82 Å². The van der Waals surface area contributed by atoms with Gasteiger partial charge in [-0.05, 0) is 12.1 Å². The first-order valence-electron chi connectivity index (χ1n) is 4.23. The Bertz CT molecular complexity index is 228. The van der Waals surface area contributed by atoms with E-state index < -0.39 is 0 Å². The van der Waals surface area contributed by atoms with Crippen molar-refractivity contribution in [3.05, 3.63) is 24.4 Å². The Hall–Kier alpha value is -1.13. The second kappa shape index (κ2) is 5.50. The predicted molar refractivity (Wildman–Crippen MR) is 52.6 cm³/mol. The molecule has 1 rings (SSSR count). The van der Waals surface area contributed by atoms with Crippen molar-refractivity contribution in [1.82, 2.24) is 4.98 Å². The summed E-state index contributed by atoms with van der Waals surface area (Å²) in [6, 6.07) is 5.83. The van der Waals surface area contributed by atoms with Crippen LogP contribution in [0.2, 0.25) is 0 Å². The molecule has 0 aliphatic rings. The number of aromatic nitrogens is 1. The maximum Gasteiger partial charge on any atom is 0.126 e. The van der Waals surface area contributed by atoms with E-state index in [9.17, 15) is 0 Å². The first-order valence-corrected chi connectivity index (χ1v) is 4.23. The molecule has 0 fully saturated rings. The molecule has 1 aromatic rings. The van der Waals surface area contributed by atoms with Crippen LogP contribution in [-0.4, -0.2) is 31.3 Å². The minimum atomic E-state index is 0.125. The van der Waals surface area contributed by atoms with Crippen LogP contribution in [0, 0.1) is 0 Å². The average molecular weight is 181 g/mol. The fourth-order valence-corrected chi connectivity index (χ4v) is 1.03. The van der Waals surface area contributed by atoms with Crippen molar-refractivity contribution in [2.24, 2.45) is 5.73 Å². The number of rotatable bonds is 5. The van der Waals surface area contributed by atoms with Gasteiger partial charge in [-0.25, -0.2) is 4.98 Å². The molecule has 0 spiro atoms. The second-order valence-electron chi connectivity index (χ2n) is 2.75. The summed E-state index contributed by atoms with van der Waals surface area (Å²) in [6.07, 6.45) is 1.74. The third kappa shape index (κ3) is 3.40. The van der Waals surface area contributed by atoms with Gasteiger partial charge in [-0.3, -0.25) is 0 Å². The highest BCUT2D eigenvalue weighted by Gasteiger charge is 2.04. The van der Waals surface area contributed by atoms with E-state index in [1.54, 1.807) is 13.3 Å². The lowest BCUT2D eigenvalue weighted by molar-refractivity contribution is 0.187. The minimum absolute atomic E-state index is 0.125. The van der Waals surface area contributed by atoms with E-state index in [-0.39, 0.29) is 6.04 Å². The number of anilines is 1. The molecule has 72 valence electrons. The van der Waals surface area contributed by atoms with E-state index in [4.69, 9.17) is 10.5 Å². The number of nitrogens with one attached hydrogen (secondary N) is 1. The number of ether oxygens (including phenoxy) is 1. The van der Waals surface area contributed by atoms with Crippen molar-refractivity contribution in [2.75, 3.05) is 25.6 Å². The van der Waals surface area contributed by atoms with E-state index in [0.29, 0.717) is 13.2 Å². The Morgan fingerprint density at radius 2 is 2.46 bits per heavy atom. The zero-order valence-corrected chi connectivity index (χ0v) is 7.73. The molecule has 0 aliphatic heterocycles. The topological polar surface area (TPSA) is 60.2 Å². The van der Waals surface area contributed by atoms with Crippen molar-refractivity contribution in [1.29, 1.82) is 0 Å². The maximum absolute atomic E-state index is 5.54. The largest absolute Gasteiger partial charge is 0.383 e. The number of nitrogens with two attached hydrogens (primary N) is 1. The maximum atomic E-state index is 5.54. The number of methoxy groups -OCH3 is 1. The SMILES string of the molecule is COCC(CN)Nc1ccccn1. The Labute approximate surface area is 78.1 Å². The molecule has 0 radical (unpaired) electrons. The van der Waals surface area contributed by atoms with E-state index in [1.807, 2.05) is 18.2 Å². The van der Waals surface area contributed by atoms with Crippen LogP contribution in [0.5, 0.6) is 0 Å². The molecule has 0 aromatic carbocycles. The summed E-state index contributed by atoms with van der Waals surface area (Å²) in [4.78, 5) is 4.13. The Morgan fingerprint density at radius 1 is 1.62 bits per heavy atom. The summed E-state index contributed by atoms with van der Waals surface area (Å²) in [5.41, 5.74) is 5.54. The van der Waals surface area contributed by atoms with Crippen molar-refractivity contribution in [3.63, 3.8) is 0 Å². The standard InChI is InChI=1S/C9H15N3O/c1-13-7-8(6-10)12-9-4-2-3-5-11-9/h2-5,8H,6-7,10H2,1H3,(H,11,12). The van der Waals surface area contributed by atoms with Crippen molar-refractivity contribution < 1.29 is 4.74 Å². The molecule has 1 unspecified atom stereocenters. The van der Waals surface area contributed by atoms with Gasteiger partial charge >= 0.3 is 0 Å². The molecule has 1 aromatic heterocycles. The number of hydrogen-bond donors (Lipinski definition) is 2. The molecule has 4 nitrogen and oxygen atoms in total. The minimum Gasteiger partial charge on any atom is -0.383 e. The molecule has 13 heavy (non-hydrogen) atoms. The highest BCUT2D eigenvalue weighted by molar-refractivity contribution is 5.34. The quantitative estimate of drug-likeness (QED) is 0.693. The van der Waals surface area contributed by atoms with Gasteiger partial charge in [0.25, 0.3) is 0 Å². The molecule has 0 saturated carbocycles. The van der Waals surface area contributed by atoms with Gasteiger partial charge in [0, 0.05) is 19.9 Å². The highest BCUT2D eigenvalue weighted by atomic mass is 16.5. The van der Waals surface area contributed by atoms with Gasteiger partial charge < -0.3 is 15.8 Å². The van der Waals surface area contributed by atoms with Gasteiger partial charge in [-0.1, -0.05) is 6.07 Å². The summed E-state index contributed by atoms with van der Waals surface area (Å²) < 4.78 is 5.00. The molecular formula is C9H15N3O. The average Bonchev–Trinajstić information content (AvgIpc) is 2.19. The Balaban J connectivity index is 2.46. The zero-order chi connectivity index (χ0) is 9.52. The lowest BCUT2D eigenvalue weighted by Crippen LogP contribution is -2.33. The number of hydrogen-bond acceptors (Lipinski definition) is 4. The van der Waals surface area contributed by atoms with Gasteiger partial charge in [-0.2, -0.15) is 0 Å². The molecule has 1 atom stereocenters. The molecule has 0 bridgehead atoms. The lowest BCUT2D eigenvalue weighted by Gasteiger charge is -2.15. The van der Waals surface area contributed by atoms with Crippen LogP contribution in [-0.2, 0) is 4.74 Å². The summed E-state index contributed by atoms with van der Waals surface area (Å²) in [5, 5.41) is 3.17. The monoisotopic (exact) mass is 181 g/mol. The fourth-order valence-electron chi connectivity index (χ4n) is 1.03. The normalized spacial score (nSPS) is 12.5. The fraction of sp³-hybridized carbons (Fsp3) is 0.444. The van der Waals surface area contributed by atoms with Crippen LogP contribution in [0.1, 0.15) is 0 Å². The van der Waals surface area contributed by atoms with E-state index in [1.165, 1.54) is 0 Å². The third-order valence-electron chi connectivity index (χ3n) is 1.67. The second-order valence-corrected chi connectivity index (χ2v) is 2.75. The van der Waals surface area contributed by atoms with Crippen LogP contribution < -0.4 is 11.1 Å². The van der Waals surface area contributed by atoms with Crippen LogP contribution in [0.15, 0.2) is 24.4 Å². The zero-order valence-electron chi connectivity index (χ0n) is 7.73. The predicted octanol–water partition coefficient (Wildman–Crippen LogP) is 0.467. The molecule has 0 amide bonds. The first kappa shape index (κ1) is 9.95. The van der Waals surface area contributed by atoms with Crippen molar-refractivity contribution in [2.45, 2.75) is 6.04 Å². The van der Waals surface area contributed by atoms with E-state index >= 15 is 0 Å². The van der Waals surface area contributed by atoms with Crippen LogP contribution in [0.4, 0.5) is 5.82 Å². The molecular weight excluding hydrogens is 166 g/mol. The highest BCUT2D eigenvalue weighted by Crippen LogP contribution is 2.01. The Morgan fingerprint density at radius 3 is 3.00 bits per heavy atom. The molecule has 0 aliphatic carbocycles. The molecule has 3 N–H and O–H groups in total. The smallest absolute Gasteiger partial charge is 0.126 e. The third-order valence-corrected chi connectivity index (χ3v) is 1.67. The first-order chi connectivity index (χ1) is 6.36. The van der Waals surface area contributed by atoms with E-state index in [2.05, 4.69) is 10.3 Å². The number of pyridine rings is 1. The van der Waals surface area contributed by atoms with Crippen LogP contribution >= 0.6 is 0 Å². The van der Waals surface area contributed by atoms with Gasteiger partial charge in [0.1, 0.15) is 5.82 Å². The summed E-state index contributed by atoms with van der Waals surface area (Å²) >= 11 is 0. The Kier molecular flexibility index (Phi) is 4.21. The van der Waals surface area contributed by atoms with Crippen LogP contribution in [0.3, 0.4) is 0 Å². The summed E-state index contributed by atoms with van der Waals surface area (Å²) in [6.45, 7) is 1.12. The molecule has 4 heteroatoms. The van der Waals surface area contributed by atoms with Gasteiger partial charge in [0.15, 0.2) is 0 Å². The van der Waals surface area contributed by atoms with Gasteiger partial charge in [-0.15, -0.1) is 0 Å². The van der Waals surface area contributed by atoms with E-state index in [0.717, 1.165) is 5.82 Å². The van der Waals surface area contributed by atoms with Gasteiger partial charge in [0.2, 0.25) is 0 Å². The van der Waals surface area contributed by atoms with Crippen LogP contribution in [0.25, 0.3) is 0 Å². The lowest BCUT2D eigenvalue weighted by atomic mass is 10.3. The summed E-state index contributed by atoms with van der Waals surface area (Å²) in [7, 11) is 1.66. The van der Waals surface area contributed by atoms with Crippen molar-refractivity contribution in [3.8, 4) is 0 Å². The molecule has 1 heterocycles. The van der Waals surface area contributed by atoms with Gasteiger partial charge in [0.05, 0.1) is 12.6 Å². The molecule has 0 saturated heterocycles.